The molecule has 3 aromatic rings. The first-order valence-electron chi connectivity index (χ1n) is 14.0. The molecular weight excluding hydrogens is 553 g/mol. The maximum absolute atomic E-state index is 13.0. The van der Waals surface area contributed by atoms with E-state index in [0.29, 0.717) is 35.2 Å². The third-order valence-electron chi connectivity index (χ3n) is 7.91. The van der Waals surface area contributed by atoms with Crippen molar-refractivity contribution >= 4 is 28.6 Å². The predicted molar refractivity (Wildman–Crippen MR) is 154 cm³/mol. The number of hydrogen-bond acceptors (Lipinski definition) is 6. The van der Waals surface area contributed by atoms with Crippen LogP contribution in [0.5, 0.6) is 5.75 Å². The Kier molecular flexibility index (Phi) is 10.9. The molecule has 2 heterocycles. The monoisotopic (exact) mass is 590 g/mol. The van der Waals surface area contributed by atoms with Crippen molar-refractivity contribution in [2.75, 3.05) is 32.5 Å². The molecule has 0 spiro atoms. The zero-order chi connectivity index (χ0) is 29.4. The van der Waals surface area contributed by atoms with E-state index in [1.165, 1.54) is 23.9 Å². The van der Waals surface area contributed by atoms with Gasteiger partial charge in [0, 0.05) is 29.4 Å². The summed E-state index contributed by atoms with van der Waals surface area (Å²) in [6, 6.07) is 12.9. The molecule has 2 N–H and O–H groups in total. The topological polar surface area (TPSA) is 82.9 Å². The summed E-state index contributed by atoms with van der Waals surface area (Å²) >= 11 is 1.42. The fraction of sp³-hybridized carbons (Fsp3) is 0.484. The Morgan fingerprint density at radius 1 is 1.17 bits per heavy atom. The molecule has 0 bridgehead atoms. The number of piperidine rings is 1. The summed E-state index contributed by atoms with van der Waals surface area (Å²) in [5.74, 6) is 1.11. The molecule has 41 heavy (non-hydrogen) atoms. The number of carbonyl (C=O) groups is 1. The number of rotatable bonds is 13. The molecule has 3 atom stereocenters. The van der Waals surface area contributed by atoms with Crippen LogP contribution in [0.25, 0.3) is 10.9 Å². The molecule has 10 heteroatoms. The van der Waals surface area contributed by atoms with Crippen LogP contribution in [0, 0.1) is 11.8 Å². The Morgan fingerprint density at radius 3 is 2.76 bits per heavy atom. The van der Waals surface area contributed by atoms with Crippen LogP contribution in [0.15, 0.2) is 59.6 Å². The molecule has 0 saturated carbocycles. The predicted octanol–water partition coefficient (Wildman–Crippen LogP) is 7.06. The SMILES string of the molecule is COc1ccc2nccc([C@@H](O)CCC3CCN(CCCSc4cccc(C(F)(F)F)c4)CC3CCC(=O)O)c2c1. The van der Waals surface area contributed by atoms with E-state index >= 15 is 0 Å². The molecule has 222 valence electrons. The summed E-state index contributed by atoms with van der Waals surface area (Å²) in [6.45, 7) is 2.49. The van der Waals surface area contributed by atoms with Crippen molar-refractivity contribution in [3.05, 3.63) is 65.9 Å². The van der Waals surface area contributed by atoms with Gasteiger partial charge >= 0.3 is 12.1 Å². The first-order chi connectivity index (χ1) is 19.6. The van der Waals surface area contributed by atoms with Gasteiger partial charge in [0.1, 0.15) is 5.75 Å². The van der Waals surface area contributed by atoms with E-state index in [0.717, 1.165) is 61.4 Å². The number of fused-ring (bicyclic) bond motifs is 1. The van der Waals surface area contributed by atoms with E-state index in [-0.39, 0.29) is 12.3 Å². The van der Waals surface area contributed by atoms with E-state index in [1.54, 1.807) is 19.4 Å². The molecule has 2 aromatic carbocycles. The van der Waals surface area contributed by atoms with Crippen LogP contribution in [0.4, 0.5) is 13.2 Å². The molecule has 4 rings (SSSR count). The Morgan fingerprint density at radius 2 is 2.00 bits per heavy atom. The number of nitrogens with zero attached hydrogens (tertiary/aromatic N) is 2. The second-order valence-corrected chi connectivity index (χ2v) is 11.8. The number of hydrogen-bond donors (Lipinski definition) is 2. The highest BCUT2D eigenvalue weighted by Gasteiger charge is 2.31. The van der Waals surface area contributed by atoms with Crippen LogP contribution in [0.2, 0.25) is 0 Å². The summed E-state index contributed by atoms with van der Waals surface area (Å²) in [5.41, 5.74) is 0.973. The van der Waals surface area contributed by atoms with Crippen LogP contribution in [0.1, 0.15) is 55.8 Å². The molecule has 1 saturated heterocycles. The lowest BCUT2D eigenvalue weighted by Gasteiger charge is -2.39. The number of aliphatic hydroxyl groups is 1. The summed E-state index contributed by atoms with van der Waals surface area (Å²) in [5, 5.41) is 21.3. The van der Waals surface area contributed by atoms with Gasteiger partial charge in [-0.15, -0.1) is 11.8 Å². The fourth-order valence-electron chi connectivity index (χ4n) is 5.71. The van der Waals surface area contributed by atoms with Gasteiger partial charge in [0.15, 0.2) is 0 Å². The van der Waals surface area contributed by atoms with Crippen LogP contribution < -0.4 is 4.74 Å². The minimum absolute atomic E-state index is 0.109. The van der Waals surface area contributed by atoms with Crippen LogP contribution in [0.3, 0.4) is 0 Å². The smallest absolute Gasteiger partial charge is 0.416 e. The Labute approximate surface area is 242 Å². The Bertz CT molecular complexity index is 1310. The van der Waals surface area contributed by atoms with Crippen molar-refractivity contribution in [3.8, 4) is 5.75 Å². The van der Waals surface area contributed by atoms with Gasteiger partial charge in [0.05, 0.1) is 24.3 Å². The lowest BCUT2D eigenvalue weighted by atomic mass is 9.79. The summed E-state index contributed by atoms with van der Waals surface area (Å²) in [4.78, 5) is 18.7. The molecule has 0 aliphatic carbocycles. The number of aliphatic carboxylic acids is 1. The number of carboxylic acids is 1. The molecule has 1 aromatic heterocycles. The van der Waals surface area contributed by atoms with Crippen LogP contribution in [-0.4, -0.2) is 58.6 Å². The van der Waals surface area contributed by atoms with Gasteiger partial charge in [-0.05, 0) is 111 Å². The van der Waals surface area contributed by atoms with E-state index in [1.807, 2.05) is 24.3 Å². The van der Waals surface area contributed by atoms with Gasteiger partial charge in [-0.1, -0.05) is 6.07 Å². The van der Waals surface area contributed by atoms with Gasteiger partial charge in [-0.2, -0.15) is 13.2 Å². The molecule has 6 nitrogen and oxygen atoms in total. The number of aromatic nitrogens is 1. The molecule has 0 radical (unpaired) electrons. The van der Waals surface area contributed by atoms with E-state index in [4.69, 9.17) is 4.74 Å². The third kappa shape index (κ3) is 8.83. The number of ether oxygens (including phenoxy) is 1. The molecule has 1 aliphatic rings. The molecule has 1 fully saturated rings. The lowest BCUT2D eigenvalue weighted by molar-refractivity contribution is -0.138. The van der Waals surface area contributed by atoms with Crippen LogP contribution in [-0.2, 0) is 11.0 Å². The lowest BCUT2D eigenvalue weighted by Crippen LogP contribution is -2.41. The normalized spacial score (nSPS) is 18.9. The number of benzene rings is 2. The third-order valence-corrected chi connectivity index (χ3v) is 8.99. The largest absolute Gasteiger partial charge is 0.497 e. The van der Waals surface area contributed by atoms with Crippen molar-refractivity contribution in [1.82, 2.24) is 9.88 Å². The summed E-state index contributed by atoms with van der Waals surface area (Å²) < 4.78 is 44.3. The average molecular weight is 591 g/mol. The number of carboxylic acid groups (broad SMARTS) is 1. The molecule has 0 amide bonds. The maximum Gasteiger partial charge on any atom is 0.416 e. The number of aliphatic hydroxyl groups excluding tert-OH is 1. The average Bonchev–Trinajstić information content (AvgIpc) is 2.96. The number of alkyl halides is 3. The highest BCUT2D eigenvalue weighted by molar-refractivity contribution is 7.99. The van der Waals surface area contributed by atoms with E-state index in [2.05, 4.69) is 9.88 Å². The van der Waals surface area contributed by atoms with Crippen molar-refractivity contribution in [2.24, 2.45) is 11.8 Å². The van der Waals surface area contributed by atoms with Crippen molar-refractivity contribution in [1.29, 1.82) is 0 Å². The zero-order valence-corrected chi connectivity index (χ0v) is 24.0. The van der Waals surface area contributed by atoms with Gasteiger partial charge in [-0.25, -0.2) is 0 Å². The van der Waals surface area contributed by atoms with Gasteiger partial charge in [0.2, 0.25) is 0 Å². The van der Waals surface area contributed by atoms with Crippen LogP contribution >= 0.6 is 11.8 Å². The highest BCUT2D eigenvalue weighted by Crippen LogP contribution is 2.36. The number of thioether (sulfide) groups is 1. The first-order valence-corrected chi connectivity index (χ1v) is 15.0. The second-order valence-electron chi connectivity index (χ2n) is 10.6. The Balaban J connectivity index is 1.31. The molecular formula is C31H37F3N2O4S. The number of pyridine rings is 1. The number of methoxy groups -OCH3 is 1. The van der Waals surface area contributed by atoms with Gasteiger partial charge in [0.25, 0.3) is 0 Å². The first kappa shape index (κ1) is 31.1. The van der Waals surface area contributed by atoms with Crippen molar-refractivity contribution in [3.63, 3.8) is 0 Å². The number of likely N-dealkylation sites (tertiary alicyclic amines) is 1. The molecule has 2 unspecified atom stereocenters. The summed E-state index contributed by atoms with van der Waals surface area (Å²) in [6.07, 6.45) is 0.486. The zero-order valence-electron chi connectivity index (χ0n) is 23.1. The fourth-order valence-corrected chi connectivity index (χ4v) is 6.60. The van der Waals surface area contributed by atoms with Crippen molar-refractivity contribution in [2.45, 2.75) is 55.7 Å². The standard InChI is InChI=1S/C31H37F3N2O4S/c1-40-24-8-9-28-27(19-24)26(12-14-35-28)29(37)10-6-21-13-16-36(20-22(21)7-11-30(38)39)15-3-17-41-25-5-2-4-23(18-25)31(32,33)34/h2,4-5,8-9,12,14,18-19,21-22,29,37H,3,6-7,10-11,13,15-17,20H2,1H3,(H,38,39)/t21?,22?,29-/m0/s1. The minimum Gasteiger partial charge on any atom is -0.497 e. The van der Waals surface area contributed by atoms with E-state index < -0.39 is 23.8 Å². The number of halogens is 3. The summed E-state index contributed by atoms with van der Waals surface area (Å²) in [7, 11) is 1.60. The van der Waals surface area contributed by atoms with Gasteiger partial charge < -0.3 is 19.8 Å². The maximum atomic E-state index is 13.0. The van der Waals surface area contributed by atoms with E-state index in [9.17, 15) is 28.2 Å². The minimum atomic E-state index is -4.35. The van der Waals surface area contributed by atoms with Crippen molar-refractivity contribution < 1.29 is 32.9 Å². The van der Waals surface area contributed by atoms with Gasteiger partial charge in [-0.3, -0.25) is 9.78 Å². The highest BCUT2D eigenvalue weighted by atomic mass is 32.2. The quantitative estimate of drug-likeness (QED) is 0.163. The molecule has 1 aliphatic heterocycles. The second kappa shape index (κ2) is 14.4. The Hall–Kier alpha value is -2.82.